The largest absolute Gasteiger partial charge is 0.376 e. The normalized spacial score (nSPS) is 17.2. The zero-order valence-electron chi connectivity index (χ0n) is 14.0. The van der Waals surface area contributed by atoms with Gasteiger partial charge in [-0.05, 0) is 32.3 Å². The van der Waals surface area contributed by atoms with E-state index in [0.717, 1.165) is 25.9 Å². The number of rotatable bonds is 5. The minimum absolute atomic E-state index is 0.0715. The van der Waals surface area contributed by atoms with Crippen molar-refractivity contribution in [2.75, 3.05) is 11.9 Å². The van der Waals surface area contributed by atoms with E-state index in [4.69, 9.17) is 4.74 Å². The number of aromatic nitrogens is 2. The average molecular weight is 344 g/mol. The molecule has 1 atom stereocenters. The van der Waals surface area contributed by atoms with Crippen molar-refractivity contribution in [3.8, 4) is 0 Å². The van der Waals surface area contributed by atoms with Gasteiger partial charge in [-0.25, -0.2) is 0 Å². The zero-order valence-corrected chi connectivity index (χ0v) is 14.0. The van der Waals surface area contributed by atoms with Gasteiger partial charge in [0.25, 0.3) is 11.6 Å². The number of hydrogen-bond acceptors (Lipinski definition) is 5. The van der Waals surface area contributed by atoms with Gasteiger partial charge in [0.2, 0.25) is 0 Å². The van der Waals surface area contributed by atoms with E-state index in [0.29, 0.717) is 17.8 Å². The summed E-state index contributed by atoms with van der Waals surface area (Å²) in [6.07, 6.45) is 6.71. The average Bonchev–Trinajstić information content (AvgIpc) is 3.02. The van der Waals surface area contributed by atoms with Gasteiger partial charge >= 0.3 is 0 Å². The Kier molecular flexibility index (Phi) is 5.08. The van der Waals surface area contributed by atoms with Crippen molar-refractivity contribution < 1.29 is 14.5 Å². The van der Waals surface area contributed by atoms with Crippen LogP contribution < -0.4 is 5.32 Å². The molecule has 0 radical (unpaired) electrons. The molecular formula is C17H20N4O4. The molecule has 0 bridgehead atoms. The van der Waals surface area contributed by atoms with Crippen molar-refractivity contribution >= 4 is 17.3 Å². The van der Waals surface area contributed by atoms with E-state index in [9.17, 15) is 14.9 Å². The number of nitro benzene ring substituents is 1. The third kappa shape index (κ3) is 4.03. The Morgan fingerprint density at radius 1 is 1.48 bits per heavy atom. The van der Waals surface area contributed by atoms with E-state index < -0.39 is 10.8 Å². The van der Waals surface area contributed by atoms with Crippen LogP contribution >= 0.6 is 0 Å². The fourth-order valence-electron chi connectivity index (χ4n) is 2.95. The number of anilines is 1. The molecule has 1 aromatic carbocycles. The Morgan fingerprint density at radius 2 is 2.32 bits per heavy atom. The van der Waals surface area contributed by atoms with Crippen LogP contribution in [0.15, 0.2) is 30.6 Å². The van der Waals surface area contributed by atoms with Gasteiger partial charge in [-0.2, -0.15) is 5.10 Å². The minimum Gasteiger partial charge on any atom is -0.376 e. The molecule has 1 amide bonds. The smallest absolute Gasteiger partial charge is 0.273 e. The molecule has 132 valence electrons. The molecule has 2 aromatic rings. The Morgan fingerprint density at radius 3 is 3.04 bits per heavy atom. The van der Waals surface area contributed by atoms with Crippen LogP contribution in [0.5, 0.6) is 0 Å². The van der Waals surface area contributed by atoms with Crippen molar-refractivity contribution in [2.24, 2.45) is 0 Å². The molecule has 8 nitrogen and oxygen atoms in total. The van der Waals surface area contributed by atoms with Gasteiger partial charge in [-0.1, -0.05) is 6.07 Å². The number of carbonyl (C=O) groups excluding carboxylic acids is 1. The Bertz CT molecular complexity index is 781. The Hall–Kier alpha value is -2.74. The molecule has 1 N–H and O–H groups in total. The van der Waals surface area contributed by atoms with Crippen LogP contribution in [-0.2, 0) is 11.3 Å². The number of nitrogens with zero attached hydrogens (tertiary/aromatic N) is 3. The van der Waals surface area contributed by atoms with E-state index in [1.165, 1.54) is 12.1 Å². The van der Waals surface area contributed by atoms with Gasteiger partial charge in [-0.15, -0.1) is 0 Å². The molecule has 1 aliphatic heterocycles. The molecule has 1 saturated heterocycles. The predicted octanol–water partition coefficient (Wildman–Crippen LogP) is 2.92. The van der Waals surface area contributed by atoms with Crippen molar-refractivity contribution in [3.05, 3.63) is 51.8 Å². The van der Waals surface area contributed by atoms with Gasteiger partial charge in [0, 0.05) is 30.0 Å². The van der Waals surface area contributed by atoms with Crippen molar-refractivity contribution in [2.45, 2.75) is 38.8 Å². The lowest BCUT2D eigenvalue weighted by Gasteiger charge is -2.22. The SMILES string of the molecule is Cc1c(C(=O)Nc2cnn(CC3CCCCO3)c2)cccc1[N+](=O)[O-]. The van der Waals surface area contributed by atoms with E-state index in [1.807, 2.05) is 0 Å². The topological polar surface area (TPSA) is 99.3 Å². The summed E-state index contributed by atoms with van der Waals surface area (Å²) in [4.78, 5) is 22.9. The summed E-state index contributed by atoms with van der Waals surface area (Å²) in [6.45, 7) is 2.99. The summed E-state index contributed by atoms with van der Waals surface area (Å²) < 4.78 is 7.42. The lowest BCUT2D eigenvalue weighted by molar-refractivity contribution is -0.385. The highest BCUT2D eigenvalue weighted by Crippen LogP contribution is 2.22. The van der Waals surface area contributed by atoms with Crippen LogP contribution in [-0.4, -0.2) is 33.3 Å². The molecule has 0 spiro atoms. The van der Waals surface area contributed by atoms with Gasteiger partial charge in [-0.3, -0.25) is 19.6 Å². The predicted molar refractivity (Wildman–Crippen MR) is 91.6 cm³/mol. The van der Waals surface area contributed by atoms with E-state index in [-0.39, 0.29) is 17.4 Å². The maximum absolute atomic E-state index is 12.4. The molecule has 2 heterocycles. The van der Waals surface area contributed by atoms with E-state index in [1.54, 1.807) is 30.1 Å². The first-order chi connectivity index (χ1) is 12.0. The number of ether oxygens (including phenoxy) is 1. The zero-order chi connectivity index (χ0) is 17.8. The third-order valence-corrected chi connectivity index (χ3v) is 4.30. The molecule has 3 rings (SSSR count). The number of hydrogen-bond donors (Lipinski definition) is 1. The third-order valence-electron chi connectivity index (χ3n) is 4.30. The highest BCUT2D eigenvalue weighted by atomic mass is 16.6. The van der Waals surface area contributed by atoms with Crippen LogP contribution in [0.1, 0.15) is 35.2 Å². The summed E-state index contributed by atoms with van der Waals surface area (Å²) in [5.74, 6) is -0.394. The second-order valence-electron chi connectivity index (χ2n) is 6.10. The van der Waals surface area contributed by atoms with Crippen molar-refractivity contribution in [1.29, 1.82) is 0 Å². The van der Waals surface area contributed by atoms with Crippen LogP contribution in [0.4, 0.5) is 11.4 Å². The van der Waals surface area contributed by atoms with Gasteiger partial charge < -0.3 is 10.1 Å². The number of nitrogens with one attached hydrogen (secondary N) is 1. The van der Waals surface area contributed by atoms with Crippen LogP contribution in [0.2, 0.25) is 0 Å². The number of carbonyl (C=O) groups is 1. The van der Waals surface area contributed by atoms with Crippen LogP contribution in [0, 0.1) is 17.0 Å². The monoisotopic (exact) mass is 344 g/mol. The van der Waals surface area contributed by atoms with Gasteiger partial charge in [0.05, 0.1) is 29.5 Å². The first-order valence-corrected chi connectivity index (χ1v) is 8.24. The number of amides is 1. The van der Waals surface area contributed by atoms with Crippen LogP contribution in [0.25, 0.3) is 0 Å². The Balaban J connectivity index is 1.67. The fraction of sp³-hybridized carbons (Fsp3) is 0.412. The second-order valence-corrected chi connectivity index (χ2v) is 6.10. The van der Waals surface area contributed by atoms with Crippen molar-refractivity contribution in [3.63, 3.8) is 0 Å². The van der Waals surface area contributed by atoms with Gasteiger partial charge in [0.15, 0.2) is 0 Å². The quantitative estimate of drug-likeness (QED) is 0.664. The highest BCUT2D eigenvalue weighted by Gasteiger charge is 2.19. The molecule has 1 aliphatic rings. The lowest BCUT2D eigenvalue weighted by atomic mass is 10.1. The maximum atomic E-state index is 12.4. The Labute approximate surface area is 144 Å². The second kappa shape index (κ2) is 7.43. The molecule has 25 heavy (non-hydrogen) atoms. The summed E-state index contributed by atoms with van der Waals surface area (Å²) >= 11 is 0. The maximum Gasteiger partial charge on any atom is 0.273 e. The molecule has 1 unspecified atom stereocenters. The minimum atomic E-state index is -0.492. The number of nitro groups is 1. The first kappa shape index (κ1) is 17.1. The molecular weight excluding hydrogens is 324 g/mol. The van der Waals surface area contributed by atoms with Crippen LogP contribution in [0.3, 0.4) is 0 Å². The molecule has 1 aromatic heterocycles. The molecule has 0 aliphatic carbocycles. The summed E-state index contributed by atoms with van der Waals surface area (Å²) in [6, 6.07) is 4.45. The standard InChI is InChI=1S/C17H20N4O4/c1-12-15(6-4-7-16(12)21(23)24)17(22)19-13-9-18-20(10-13)11-14-5-2-3-8-25-14/h4,6-7,9-10,14H,2-3,5,8,11H2,1H3,(H,19,22). The molecule has 1 fully saturated rings. The van der Waals surface area contributed by atoms with Gasteiger partial charge in [0.1, 0.15) is 0 Å². The lowest BCUT2D eigenvalue weighted by Crippen LogP contribution is -2.24. The fourth-order valence-corrected chi connectivity index (χ4v) is 2.95. The van der Waals surface area contributed by atoms with E-state index >= 15 is 0 Å². The summed E-state index contributed by atoms with van der Waals surface area (Å²) in [5.41, 5.74) is 1.09. The van der Waals surface area contributed by atoms with Crippen molar-refractivity contribution in [1.82, 2.24) is 9.78 Å². The first-order valence-electron chi connectivity index (χ1n) is 8.24. The summed E-state index contributed by atoms with van der Waals surface area (Å²) in [7, 11) is 0. The molecule has 0 saturated carbocycles. The number of benzene rings is 1. The van der Waals surface area contributed by atoms with E-state index in [2.05, 4.69) is 10.4 Å². The molecule has 8 heteroatoms. The summed E-state index contributed by atoms with van der Waals surface area (Å²) in [5, 5.41) is 18.0. The highest BCUT2D eigenvalue weighted by molar-refractivity contribution is 6.05.